The molecule has 46 heavy (non-hydrogen) atoms. The number of hydrogen-bond acceptors (Lipinski definition) is 1. The van der Waals surface area contributed by atoms with E-state index in [2.05, 4.69) is 174 Å². The van der Waals surface area contributed by atoms with E-state index in [9.17, 15) is 0 Å². The number of hydrogen-bond donors (Lipinski definition) is 0. The standard InChI is InChI=1S/C43H40N2Si/c1-33-29-44(30-33)31-36-32-45(37-16-8-3-9-17-37)43-27-26-41(28-42(36)43)46(38-18-10-4-11-19-38,39-20-12-5-13-21-39)40-24-22-35(23-25-40)34-14-6-2-7-15-34/h3-6,8-28,32-33H,2,7,29-31H2,1H3. The normalized spacial score (nSPS) is 15.5. The highest BCUT2D eigenvalue weighted by Crippen LogP contribution is 2.29. The fourth-order valence-electron chi connectivity index (χ4n) is 7.77. The van der Waals surface area contributed by atoms with Gasteiger partial charge in [0, 0.05) is 36.9 Å². The lowest BCUT2D eigenvalue weighted by Gasteiger charge is -2.37. The summed E-state index contributed by atoms with van der Waals surface area (Å²) in [6, 6.07) is 50.3. The van der Waals surface area contributed by atoms with Crippen molar-refractivity contribution in [1.29, 1.82) is 0 Å². The van der Waals surface area contributed by atoms with Crippen molar-refractivity contribution in [3.8, 4) is 5.69 Å². The molecule has 2 aliphatic rings. The highest BCUT2D eigenvalue weighted by Gasteiger charge is 2.41. The van der Waals surface area contributed by atoms with Gasteiger partial charge in [-0.25, -0.2) is 0 Å². The molecule has 2 nitrogen and oxygen atoms in total. The van der Waals surface area contributed by atoms with Crippen molar-refractivity contribution < 1.29 is 0 Å². The van der Waals surface area contributed by atoms with Crippen LogP contribution in [0.4, 0.5) is 0 Å². The lowest BCUT2D eigenvalue weighted by atomic mass is 10.00. The quantitative estimate of drug-likeness (QED) is 0.130. The van der Waals surface area contributed by atoms with Gasteiger partial charge in [0.1, 0.15) is 0 Å². The van der Waals surface area contributed by atoms with E-state index < -0.39 is 8.07 Å². The van der Waals surface area contributed by atoms with Gasteiger partial charge in [0.15, 0.2) is 8.07 Å². The van der Waals surface area contributed by atoms with Gasteiger partial charge >= 0.3 is 0 Å². The molecule has 1 fully saturated rings. The molecule has 1 saturated heterocycles. The number of benzene rings is 5. The first kappa shape index (κ1) is 28.7. The van der Waals surface area contributed by atoms with Crippen LogP contribution < -0.4 is 20.7 Å². The predicted molar refractivity (Wildman–Crippen MR) is 198 cm³/mol. The van der Waals surface area contributed by atoms with Crippen molar-refractivity contribution in [1.82, 2.24) is 9.47 Å². The summed E-state index contributed by atoms with van der Waals surface area (Å²) in [7, 11) is -2.69. The van der Waals surface area contributed by atoms with E-state index in [-0.39, 0.29) is 0 Å². The van der Waals surface area contributed by atoms with Crippen LogP contribution in [0.15, 0.2) is 158 Å². The Hall–Kier alpha value is -4.70. The van der Waals surface area contributed by atoms with Crippen LogP contribution in [0, 0.1) is 5.92 Å². The fourth-order valence-corrected chi connectivity index (χ4v) is 12.5. The van der Waals surface area contributed by atoms with Crippen LogP contribution in [0.1, 0.15) is 30.9 Å². The van der Waals surface area contributed by atoms with E-state index in [1.165, 1.54) is 67.1 Å². The third-order valence-electron chi connectivity index (χ3n) is 9.95. The monoisotopic (exact) mass is 612 g/mol. The molecule has 0 unspecified atom stereocenters. The molecule has 0 N–H and O–H groups in total. The maximum absolute atomic E-state index is 2.69. The molecule has 1 aromatic heterocycles. The maximum atomic E-state index is 2.59. The molecule has 3 heteroatoms. The average Bonchev–Trinajstić information content (AvgIpc) is 3.47. The van der Waals surface area contributed by atoms with E-state index in [1.807, 2.05) is 0 Å². The summed E-state index contributed by atoms with van der Waals surface area (Å²) >= 11 is 0. The first-order chi connectivity index (χ1) is 22.7. The second-order valence-electron chi connectivity index (χ2n) is 13.1. The SMILES string of the molecule is CC1CN(Cc2cn(-c3ccccc3)c3ccc([Si](c4ccccc4)(c4ccccc4)c4ccc(C5=CCCC=C5)cc4)cc23)C1. The topological polar surface area (TPSA) is 8.17 Å². The molecule has 8 rings (SSSR count). The highest BCUT2D eigenvalue weighted by atomic mass is 28.3. The zero-order chi connectivity index (χ0) is 30.9. The molecule has 0 amide bonds. The van der Waals surface area contributed by atoms with E-state index in [1.54, 1.807) is 0 Å². The van der Waals surface area contributed by atoms with Gasteiger partial charge in [-0.3, -0.25) is 4.90 Å². The summed E-state index contributed by atoms with van der Waals surface area (Å²) in [5.41, 5.74) is 6.51. The van der Waals surface area contributed by atoms with Gasteiger partial charge in [0.05, 0.1) is 5.52 Å². The lowest BCUT2D eigenvalue weighted by molar-refractivity contribution is 0.105. The van der Waals surface area contributed by atoms with E-state index >= 15 is 0 Å². The van der Waals surface area contributed by atoms with Crippen LogP contribution in [0.3, 0.4) is 0 Å². The summed E-state index contributed by atoms with van der Waals surface area (Å²) in [6.45, 7) is 5.67. The van der Waals surface area contributed by atoms with Crippen molar-refractivity contribution in [3.05, 3.63) is 169 Å². The largest absolute Gasteiger partial charge is 0.316 e. The molecule has 226 valence electrons. The number of rotatable bonds is 8. The summed E-state index contributed by atoms with van der Waals surface area (Å²) in [4.78, 5) is 2.59. The summed E-state index contributed by atoms with van der Waals surface area (Å²) in [5.74, 6) is 0.775. The summed E-state index contributed by atoms with van der Waals surface area (Å²) in [5, 5.41) is 7.01. The number of aromatic nitrogens is 1. The number of para-hydroxylation sites is 1. The van der Waals surface area contributed by atoms with Crippen LogP contribution in [0.25, 0.3) is 22.2 Å². The summed E-state index contributed by atoms with van der Waals surface area (Å²) in [6.07, 6.45) is 11.6. The molecule has 0 spiro atoms. The highest BCUT2D eigenvalue weighted by molar-refractivity contribution is 7.20. The van der Waals surface area contributed by atoms with Gasteiger partial charge < -0.3 is 4.57 Å². The number of likely N-dealkylation sites (tertiary alicyclic amines) is 1. The zero-order valence-electron chi connectivity index (χ0n) is 26.5. The molecule has 0 saturated carbocycles. The van der Waals surface area contributed by atoms with Gasteiger partial charge in [-0.1, -0.05) is 140 Å². The zero-order valence-corrected chi connectivity index (χ0v) is 27.5. The molecular weight excluding hydrogens is 573 g/mol. The lowest BCUT2D eigenvalue weighted by Crippen LogP contribution is -2.74. The molecular formula is C43H40N2Si. The Morgan fingerprint density at radius 3 is 1.87 bits per heavy atom. The van der Waals surface area contributed by atoms with Crippen LogP contribution in [-0.4, -0.2) is 30.6 Å². The minimum absolute atomic E-state index is 0.775. The van der Waals surface area contributed by atoms with Crippen LogP contribution in [0.5, 0.6) is 0 Å². The Kier molecular flexibility index (Phi) is 7.65. The smallest absolute Gasteiger partial charge is 0.179 e. The molecule has 2 heterocycles. The summed E-state index contributed by atoms with van der Waals surface area (Å²) < 4.78 is 2.39. The molecule has 0 radical (unpaired) electrons. The predicted octanol–water partition coefficient (Wildman–Crippen LogP) is 7.19. The first-order valence-corrected chi connectivity index (χ1v) is 18.7. The van der Waals surface area contributed by atoms with E-state index in [0.717, 1.165) is 25.3 Å². The van der Waals surface area contributed by atoms with Crippen molar-refractivity contribution in [2.45, 2.75) is 26.3 Å². The van der Waals surface area contributed by atoms with Gasteiger partial charge in [-0.15, -0.1) is 0 Å². The molecule has 5 aromatic carbocycles. The van der Waals surface area contributed by atoms with E-state index in [0.29, 0.717) is 0 Å². The minimum Gasteiger partial charge on any atom is -0.316 e. The number of nitrogens with zero attached hydrogens (tertiary/aromatic N) is 2. The number of allylic oxidation sites excluding steroid dienone is 4. The van der Waals surface area contributed by atoms with Gasteiger partial charge in [-0.2, -0.15) is 0 Å². The second kappa shape index (κ2) is 12.2. The molecule has 6 aromatic rings. The third-order valence-corrected chi connectivity index (χ3v) is 14.7. The Balaban J connectivity index is 1.37. The van der Waals surface area contributed by atoms with Crippen molar-refractivity contribution in [2.24, 2.45) is 5.92 Å². The third kappa shape index (κ3) is 5.10. The minimum atomic E-state index is -2.69. The fraction of sp³-hybridized carbons (Fsp3) is 0.163. The van der Waals surface area contributed by atoms with Crippen LogP contribution >= 0.6 is 0 Å². The average molecular weight is 613 g/mol. The molecule has 0 bridgehead atoms. The van der Waals surface area contributed by atoms with Gasteiger partial charge in [0.25, 0.3) is 0 Å². The Labute approximate surface area is 274 Å². The molecule has 0 atom stereocenters. The maximum Gasteiger partial charge on any atom is 0.179 e. The van der Waals surface area contributed by atoms with Crippen molar-refractivity contribution in [3.63, 3.8) is 0 Å². The van der Waals surface area contributed by atoms with Crippen LogP contribution in [-0.2, 0) is 6.54 Å². The van der Waals surface area contributed by atoms with Crippen molar-refractivity contribution in [2.75, 3.05) is 13.1 Å². The Morgan fingerprint density at radius 2 is 1.26 bits per heavy atom. The van der Waals surface area contributed by atoms with Gasteiger partial charge in [0.2, 0.25) is 0 Å². The van der Waals surface area contributed by atoms with Crippen LogP contribution in [0.2, 0.25) is 0 Å². The van der Waals surface area contributed by atoms with Gasteiger partial charge in [-0.05, 0) is 74.4 Å². The van der Waals surface area contributed by atoms with Crippen molar-refractivity contribution >= 4 is 45.3 Å². The van der Waals surface area contributed by atoms with E-state index in [4.69, 9.17) is 0 Å². The Morgan fingerprint density at radius 1 is 0.652 bits per heavy atom. The Bertz CT molecular complexity index is 1980. The first-order valence-electron chi connectivity index (χ1n) is 16.7. The molecule has 1 aliphatic carbocycles. The molecule has 1 aliphatic heterocycles. The number of fused-ring (bicyclic) bond motifs is 1. The second-order valence-corrected chi connectivity index (χ2v) is 16.9.